The van der Waals surface area contributed by atoms with E-state index >= 15 is 0 Å². The van der Waals surface area contributed by atoms with Crippen LogP contribution < -0.4 is 5.19 Å². The van der Waals surface area contributed by atoms with Crippen LogP contribution in [0.5, 0.6) is 0 Å². The lowest BCUT2D eigenvalue weighted by Gasteiger charge is -2.44. The Balaban J connectivity index is 2.85. The maximum atomic E-state index is 6.18. The number of hydrogen-bond acceptors (Lipinski definition) is 1. The predicted molar refractivity (Wildman–Crippen MR) is 96.3 cm³/mol. The molecule has 0 radical (unpaired) electrons. The van der Waals surface area contributed by atoms with Crippen molar-refractivity contribution in [2.24, 2.45) is 0 Å². The Labute approximate surface area is 134 Å². The van der Waals surface area contributed by atoms with Crippen LogP contribution in [0.2, 0.25) is 16.6 Å². The van der Waals surface area contributed by atoms with Crippen LogP contribution in [0.25, 0.3) is 11.0 Å². The Morgan fingerprint density at radius 2 is 1.67 bits per heavy atom. The van der Waals surface area contributed by atoms with E-state index in [0.29, 0.717) is 22.5 Å². The van der Waals surface area contributed by atoms with Gasteiger partial charge in [0.2, 0.25) is 0 Å². The first-order chi connectivity index (χ1) is 9.87. The number of aromatic nitrogens is 2. The zero-order valence-corrected chi connectivity index (χ0v) is 15.8. The summed E-state index contributed by atoms with van der Waals surface area (Å²) in [6, 6.07) is 2.26. The highest BCUT2D eigenvalue weighted by atomic mass is 35.5. The van der Waals surface area contributed by atoms with Crippen molar-refractivity contribution in [2.45, 2.75) is 64.0 Å². The molecule has 0 unspecified atom stereocenters. The maximum Gasteiger partial charge on any atom is 0.137 e. The third kappa shape index (κ3) is 2.44. The van der Waals surface area contributed by atoms with E-state index in [4.69, 9.17) is 11.6 Å². The molecule has 0 aliphatic carbocycles. The number of nitrogens with one attached hydrogen (secondary N) is 1. The van der Waals surface area contributed by atoms with Crippen molar-refractivity contribution in [2.75, 3.05) is 0 Å². The summed E-state index contributed by atoms with van der Waals surface area (Å²) in [4.78, 5) is 7.81. The lowest BCUT2D eigenvalue weighted by Crippen LogP contribution is -2.56. The third-order valence-electron chi connectivity index (χ3n) is 5.13. The Morgan fingerprint density at radius 1 is 1.10 bits per heavy atom. The second kappa shape index (κ2) is 6.13. The van der Waals surface area contributed by atoms with Crippen molar-refractivity contribution in [3.63, 3.8) is 0 Å². The van der Waals surface area contributed by atoms with Crippen molar-refractivity contribution in [1.82, 2.24) is 9.97 Å². The van der Waals surface area contributed by atoms with E-state index in [1.807, 2.05) is 12.4 Å². The predicted octanol–water partition coefficient (Wildman–Crippen LogP) is 5.19. The zero-order valence-electron chi connectivity index (χ0n) is 14.0. The first kappa shape index (κ1) is 16.6. The lowest BCUT2D eigenvalue weighted by atomic mass is 10.2. The summed E-state index contributed by atoms with van der Waals surface area (Å²) in [5, 5.41) is 2.82. The van der Waals surface area contributed by atoms with Gasteiger partial charge in [0.1, 0.15) is 5.65 Å². The molecule has 0 bridgehead atoms. The van der Waals surface area contributed by atoms with Crippen LogP contribution in [-0.2, 0) is 5.88 Å². The Hall–Kier alpha value is -0.803. The zero-order chi connectivity index (χ0) is 15.8. The van der Waals surface area contributed by atoms with Gasteiger partial charge in [-0.2, -0.15) is 0 Å². The monoisotopic (exact) mass is 322 g/mol. The topological polar surface area (TPSA) is 28.7 Å². The fraction of sp³-hybridized carbons (Fsp3) is 0.588. The summed E-state index contributed by atoms with van der Waals surface area (Å²) < 4.78 is 0. The summed E-state index contributed by atoms with van der Waals surface area (Å²) in [5.74, 6) is 0.539. The number of fused-ring (bicyclic) bond motifs is 1. The molecule has 2 nitrogen and oxygen atoms in total. The quantitative estimate of drug-likeness (QED) is 0.595. The van der Waals surface area contributed by atoms with Gasteiger partial charge in [0.05, 0.1) is 8.07 Å². The minimum atomic E-state index is -1.70. The fourth-order valence-corrected chi connectivity index (χ4v) is 11.7. The smallest absolute Gasteiger partial charge is 0.137 e. The van der Waals surface area contributed by atoms with Gasteiger partial charge < -0.3 is 4.98 Å². The van der Waals surface area contributed by atoms with Gasteiger partial charge in [-0.1, -0.05) is 41.5 Å². The van der Waals surface area contributed by atoms with Gasteiger partial charge >= 0.3 is 0 Å². The van der Waals surface area contributed by atoms with Gasteiger partial charge in [-0.05, 0) is 33.4 Å². The van der Waals surface area contributed by atoms with Crippen LogP contribution in [0.15, 0.2) is 18.5 Å². The van der Waals surface area contributed by atoms with Crippen molar-refractivity contribution in [3.05, 3.63) is 24.0 Å². The van der Waals surface area contributed by atoms with E-state index in [-0.39, 0.29) is 0 Å². The van der Waals surface area contributed by atoms with E-state index in [0.717, 1.165) is 5.65 Å². The van der Waals surface area contributed by atoms with E-state index in [2.05, 4.69) is 57.6 Å². The summed E-state index contributed by atoms with van der Waals surface area (Å²) in [7, 11) is -1.70. The average molecular weight is 323 g/mol. The molecular weight excluding hydrogens is 296 g/mol. The Morgan fingerprint density at radius 3 is 2.14 bits per heavy atom. The molecule has 2 aromatic heterocycles. The summed E-state index contributed by atoms with van der Waals surface area (Å²) >= 11 is 6.18. The fourth-order valence-electron chi connectivity index (χ4n) is 4.52. The molecule has 4 heteroatoms. The molecule has 2 rings (SSSR count). The van der Waals surface area contributed by atoms with Gasteiger partial charge in [0.25, 0.3) is 0 Å². The number of rotatable bonds is 5. The third-order valence-corrected chi connectivity index (χ3v) is 12.5. The average Bonchev–Trinajstić information content (AvgIpc) is 2.81. The van der Waals surface area contributed by atoms with Crippen molar-refractivity contribution in [1.29, 1.82) is 0 Å². The van der Waals surface area contributed by atoms with Gasteiger partial charge in [0.15, 0.2) is 0 Å². The molecule has 0 spiro atoms. The highest BCUT2D eigenvalue weighted by molar-refractivity contribution is 6.96. The standard InChI is InChI=1S/C17H27ClN2Si/c1-11(2)21(12(3)4,13(5)6)15-7-8-19-17-16(15)14(9-18)10-20-17/h7-8,10-13H,9H2,1-6H3,(H,19,20). The van der Waals surface area contributed by atoms with Crippen molar-refractivity contribution < 1.29 is 0 Å². The Kier molecular flexibility index (Phi) is 4.84. The second-order valence-electron chi connectivity index (χ2n) is 6.93. The molecule has 116 valence electrons. The van der Waals surface area contributed by atoms with Crippen LogP contribution in [-0.4, -0.2) is 18.0 Å². The van der Waals surface area contributed by atoms with Crippen LogP contribution in [0.3, 0.4) is 0 Å². The minimum absolute atomic E-state index is 0.539. The summed E-state index contributed by atoms with van der Waals surface area (Å²) in [6.07, 6.45) is 3.98. The minimum Gasteiger partial charge on any atom is -0.346 e. The first-order valence-corrected chi connectivity index (χ1v) is 10.6. The molecule has 21 heavy (non-hydrogen) atoms. The molecular formula is C17H27ClN2Si. The molecule has 2 heterocycles. The molecule has 0 saturated heterocycles. The first-order valence-electron chi connectivity index (χ1n) is 7.88. The second-order valence-corrected chi connectivity index (χ2v) is 13.1. The van der Waals surface area contributed by atoms with Crippen molar-refractivity contribution >= 4 is 35.9 Å². The van der Waals surface area contributed by atoms with E-state index in [9.17, 15) is 0 Å². The molecule has 0 aliphatic heterocycles. The number of halogens is 1. The largest absolute Gasteiger partial charge is 0.346 e. The highest BCUT2D eigenvalue weighted by Gasteiger charge is 2.45. The number of nitrogens with zero attached hydrogens (tertiary/aromatic N) is 1. The van der Waals surface area contributed by atoms with Crippen LogP contribution in [0.4, 0.5) is 0 Å². The summed E-state index contributed by atoms with van der Waals surface area (Å²) in [6.45, 7) is 14.4. The molecule has 0 saturated carbocycles. The van der Waals surface area contributed by atoms with Gasteiger partial charge in [-0.3, -0.25) is 0 Å². The summed E-state index contributed by atoms with van der Waals surface area (Å²) in [5.41, 5.74) is 4.22. The normalized spacial score (nSPS) is 13.0. The molecule has 1 N–H and O–H groups in total. The van der Waals surface area contributed by atoms with Crippen LogP contribution in [0.1, 0.15) is 47.1 Å². The molecule has 0 aliphatic rings. The molecule has 0 amide bonds. The molecule has 0 fully saturated rings. The maximum absolute atomic E-state index is 6.18. The van der Waals surface area contributed by atoms with Crippen molar-refractivity contribution in [3.8, 4) is 0 Å². The number of pyridine rings is 1. The van der Waals surface area contributed by atoms with Gasteiger partial charge in [0, 0.05) is 23.7 Å². The number of H-pyrrole nitrogens is 1. The van der Waals surface area contributed by atoms with E-state index in [1.165, 1.54) is 16.1 Å². The number of hydrogen-bond donors (Lipinski definition) is 1. The number of alkyl halides is 1. The van der Waals surface area contributed by atoms with E-state index < -0.39 is 8.07 Å². The molecule has 0 atom stereocenters. The molecule has 2 aromatic rings. The Bertz CT molecular complexity index is 595. The van der Waals surface area contributed by atoms with E-state index in [1.54, 1.807) is 0 Å². The lowest BCUT2D eigenvalue weighted by molar-refractivity contribution is 0.835. The highest BCUT2D eigenvalue weighted by Crippen LogP contribution is 2.42. The van der Waals surface area contributed by atoms with Gasteiger partial charge in [-0.25, -0.2) is 4.98 Å². The number of aromatic amines is 1. The van der Waals surface area contributed by atoms with Crippen LogP contribution in [0, 0.1) is 0 Å². The van der Waals surface area contributed by atoms with Gasteiger partial charge in [-0.15, -0.1) is 11.6 Å². The SMILES string of the molecule is CC(C)[Si](c1ccnc2[nH]cc(CCl)c12)(C(C)C)C(C)C. The van der Waals surface area contributed by atoms with Crippen LogP contribution >= 0.6 is 11.6 Å². The molecule has 0 aromatic carbocycles.